The normalized spacial score (nSPS) is 11.8. The van der Waals surface area contributed by atoms with Crippen LogP contribution < -0.4 is 0 Å². The fourth-order valence-electron chi connectivity index (χ4n) is 2.11. The lowest BCUT2D eigenvalue weighted by Crippen LogP contribution is -2.11. The van der Waals surface area contributed by atoms with Crippen molar-refractivity contribution in [2.45, 2.75) is 44.4 Å². The Morgan fingerprint density at radius 2 is 2.12 bits per heavy atom. The van der Waals surface area contributed by atoms with E-state index in [0.29, 0.717) is 11.2 Å². The van der Waals surface area contributed by atoms with E-state index in [-0.39, 0.29) is 6.79 Å². The van der Waals surface area contributed by atoms with E-state index in [4.69, 9.17) is 9.47 Å². The monoisotopic (exact) mass is 365 g/mol. The second-order valence-corrected chi connectivity index (χ2v) is 8.82. The Morgan fingerprint density at radius 3 is 2.88 bits per heavy atom. The van der Waals surface area contributed by atoms with Crippen LogP contribution in [0.4, 0.5) is 0 Å². The fourth-order valence-corrected chi connectivity index (χ4v) is 4.02. The molecule has 0 amide bonds. The third-order valence-electron chi connectivity index (χ3n) is 4.08. The number of aromatic nitrogens is 1. The minimum atomic E-state index is 0.284. The van der Waals surface area contributed by atoms with Crippen molar-refractivity contribution in [2.75, 3.05) is 19.2 Å². The maximum Gasteiger partial charge on any atom is 0.188 e. The van der Waals surface area contributed by atoms with Gasteiger partial charge in [-0.05, 0) is 30.4 Å². The van der Waals surface area contributed by atoms with E-state index in [1.807, 2.05) is 18.2 Å². The summed E-state index contributed by atoms with van der Waals surface area (Å²) in [6.07, 6.45) is 3.44. The van der Waals surface area contributed by atoms with Crippen molar-refractivity contribution >= 4 is 33.3 Å². The van der Waals surface area contributed by atoms with Gasteiger partial charge in [-0.3, -0.25) is 0 Å². The van der Waals surface area contributed by atoms with Crippen molar-refractivity contribution in [1.29, 1.82) is 0 Å². The first-order valence-corrected chi connectivity index (χ1v) is 10.2. The van der Waals surface area contributed by atoms with E-state index in [2.05, 4.69) is 38.4 Å². The first-order chi connectivity index (χ1) is 11.5. The second-order valence-electron chi connectivity index (χ2n) is 6.57. The summed E-state index contributed by atoms with van der Waals surface area (Å²) in [5.41, 5.74) is 1.46. The molecule has 0 aliphatic heterocycles. The van der Waals surface area contributed by atoms with Crippen LogP contribution in [0.5, 0.6) is 0 Å². The van der Waals surface area contributed by atoms with Crippen LogP contribution in [-0.4, -0.2) is 24.1 Å². The number of fused-ring (bicyclic) bond motifs is 1. The molecule has 0 radical (unpaired) electrons. The lowest BCUT2D eigenvalue weighted by atomic mass is 9.85. The number of para-hydroxylation sites is 1. The number of nitrogens with zero attached hydrogens (tertiary/aromatic N) is 1. The third-order valence-corrected chi connectivity index (χ3v) is 6.32. The smallest absolute Gasteiger partial charge is 0.188 e. The number of benzene rings is 1. The highest BCUT2D eigenvalue weighted by molar-refractivity contribution is 8.01. The summed E-state index contributed by atoms with van der Waals surface area (Å²) in [5.74, 6) is 1.43. The molecule has 1 aromatic heterocycles. The van der Waals surface area contributed by atoms with Gasteiger partial charge in [-0.1, -0.05) is 57.7 Å². The highest BCUT2D eigenvalue weighted by Gasteiger charge is 2.13. The van der Waals surface area contributed by atoms with E-state index >= 15 is 0 Å². The average molecular weight is 366 g/mol. The molecule has 24 heavy (non-hydrogen) atoms. The first-order valence-electron chi connectivity index (χ1n) is 8.37. The highest BCUT2D eigenvalue weighted by Crippen LogP contribution is 2.30. The van der Waals surface area contributed by atoms with Gasteiger partial charge in [0.2, 0.25) is 0 Å². The van der Waals surface area contributed by atoms with E-state index in [9.17, 15) is 0 Å². The van der Waals surface area contributed by atoms with Gasteiger partial charge in [0.25, 0.3) is 0 Å². The zero-order valence-corrected chi connectivity index (χ0v) is 16.5. The maximum atomic E-state index is 5.54. The molecule has 5 heteroatoms. The maximum absolute atomic E-state index is 5.54. The van der Waals surface area contributed by atoms with Crippen molar-refractivity contribution in [2.24, 2.45) is 5.41 Å². The minimum absolute atomic E-state index is 0.284. The largest absolute Gasteiger partial charge is 0.472 e. The van der Waals surface area contributed by atoms with Gasteiger partial charge in [0, 0.05) is 0 Å². The molecular weight excluding hydrogens is 338 g/mol. The number of hydrogen-bond donors (Lipinski definition) is 0. The zero-order valence-electron chi connectivity index (χ0n) is 14.8. The topological polar surface area (TPSA) is 31.4 Å². The van der Waals surface area contributed by atoms with Crippen molar-refractivity contribution in [3.63, 3.8) is 0 Å². The summed E-state index contributed by atoms with van der Waals surface area (Å²) in [6.45, 7) is 11.8. The van der Waals surface area contributed by atoms with E-state index in [1.165, 1.54) is 17.5 Å². The van der Waals surface area contributed by atoms with E-state index in [0.717, 1.165) is 28.6 Å². The number of rotatable bonds is 11. The Kier molecular flexibility index (Phi) is 7.59. The van der Waals surface area contributed by atoms with Gasteiger partial charge >= 0.3 is 0 Å². The Morgan fingerprint density at radius 1 is 1.33 bits per heavy atom. The van der Waals surface area contributed by atoms with Crippen LogP contribution >= 0.6 is 23.1 Å². The second kappa shape index (κ2) is 9.44. The van der Waals surface area contributed by atoms with Crippen LogP contribution in [0.15, 0.2) is 40.9 Å². The Bertz CT molecular complexity index is 619. The molecule has 0 aliphatic carbocycles. The molecule has 1 aromatic carbocycles. The molecule has 0 unspecified atom stereocenters. The molecule has 0 spiro atoms. The lowest BCUT2D eigenvalue weighted by Gasteiger charge is -2.22. The molecule has 0 saturated carbocycles. The van der Waals surface area contributed by atoms with Gasteiger partial charge in [-0.15, -0.1) is 11.3 Å². The van der Waals surface area contributed by atoms with E-state index in [1.54, 1.807) is 23.1 Å². The summed E-state index contributed by atoms with van der Waals surface area (Å²) < 4.78 is 13.3. The fraction of sp³-hybridized carbons (Fsp3) is 0.526. The summed E-state index contributed by atoms with van der Waals surface area (Å²) in [5, 5.41) is 0. The van der Waals surface area contributed by atoms with Crippen molar-refractivity contribution < 1.29 is 9.47 Å². The van der Waals surface area contributed by atoms with Gasteiger partial charge in [-0.25, -0.2) is 4.98 Å². The molecule has 0 saturated heterocycles. The first kappa shape index (κ1) is 19.3. The SMILES string of the molecule is C=C(CSc1nc2ccccc2s1)OCOCCCC(C)(C)CC. The average Bonchev–Trinajstić information content (AvgIpc) is 2.99. The quantitative estimate of drug-likeness (QED) is 0.208. The minimum Gasteiger partial charge on any atom is -0.472 e. The Labute approximate surface area is 153 Å². The van der Waals surface area contributed by atoms with Gasteiger partial charge in [-0.2, -0.15) is 0 Å². The van der Waals surface area contributed by atoms with Crippen molar-refractivity contribution in [1.82, 2.24) is 4.98 Å². The van der Waals surface area contributed by atoms with Gasteiger partial charge in [0.05, 0.1) is 22.6 Å². The molecule has 2 rings (SSSR count). The van der Waals surface area contributed by atoms with Crippen LogP contribution in [0.2, 0.25) is 0 Å². The highest BCUT2D eigenvalue weighted by atomic mass is 32.2. The molecule has 0 fully saturated rings. The molecule has 0 atom stereocenters. The van der Waals surface area contributed by atoms with Crippen molar-refractivity contribution in [3.05, 3.63) is 36.6 Å². The van der Waals surface area contributed by atoms with Gasteiger partial charge in [0.1, 0.15) is 5.76 Å². The molecular formula is C19H27NO2S2. The number of ether oxygens (including phenoxy) is 2. The Hall–Kier alpha value is -1.04. The molecule has 0 bridgehead atoms. The van der Waals surface area contributed by atoms with Gasteiger partial charge in [0.15, 0.2) is 11.1 Å². The summed E-state index contributed by atoms with van der Waals surface area (Å²) in [6, 6.07) is 8.18. The summed E-state index contributed by atoms with van der Waals surface area (Å²) in [4.78, 5) is 4.59. The van der Waals surface area contributed by atoms with Crippen LogP contribution in [0.3, 0.4) is 0 Å². The van der Waals surface area contributed by atoms with Crippen LogP contribution in [0, 0.1) is 5.41 Å². The molecule has 3 nitrogen and oxygen atoms in total. The van der Waals surface area contributed by atoms with Crippen molar-refractivity contribution in [3.8, 4) is 0 Å². The number of hydrogen-bond acceptors (Lipinski definition) is 5. The Balaban J connectivity index is 1.58. The molecule has 0 N–H and O–H groups in total. The lowest BCUT2D eigenvalue weighted by molar-refractivity contribution is -0.0248. The van der Waals surface area contributed by atoms with Gasteiger partial charge < -0.3 is 9.47 Å². The predicted molar refractivity (Wildman–Crippen MR) is 105 cm³/mol. The van der Waals surface area contributed by atoms with Crippen LogP contribution in [-0.2, 0) is 9.47 Å². The third kappa shape index (κ3) is 6.46. The predicted octanol–water partition coefficient (Wildman–Crippen LogP) is 6.11. The number of thiazole rings is 1. The standard InChI is InChI=1S/C19H27NO2S2/c1-5-19(3,4)11-8-12-21-14-22-15(2)13-23-18-20-16-9-6-7-10-17(16)24-18/h6-7,9-10H,2,5,8,11-14H2,1,3-4H3. The summed E-state index contributed by atoms with van der Waals surface area (Å²) >= 11 is 3.36. The van der Waals surface area contributed by atoms with E-state index < -0.39 is 0 Å². The molecule has 0 aliphatic rings. The summed E-state index contributed by atoms with van der Waals surface area (Å²) in [7, 11) is 0. The molecule has 2 aromatic rings. The molecule has 1 heterocycles. The zero-order chi connectivity index (χ0) is 17.4. The van der Waals surface area contributed by atoms with Crippen LogP contribution in [0.25, 0.3) is 10.2 Å². The van der Waals surface area contributed by atoms with Crippen LogP contribution in [0.1, 0.15) is 40.0 Å². The molecule has 132 valence electrons. The number of thioether (sulfide) groups is 1.